The smallest absolute Gasteiger partial charge is 0.160 e. The average Bonchev–Trinajstić information content (AvgIpc) is 3.71. The van der Waals surface area contributed by atoms with Gasteiger partial charge in [0.05, 0.1) is 22.4 Å². The highest BCUT2D eigenvalue weighted by Crippen LogP contribution is 2.39. The Labute approximate surface area is 342 Å². The van der Waals surface area contributed by atoms with Crippen molar-refractivity contribution in [1.82, 2.24) is 19.5 Å². The van der Waals surface area contributed by atoms with E-state index in [0.29, 0.717) is 5.82 Å². The normalized spacial score (nSPS) is 11.4. The van der Waals surface area contributed by atoms with E-state index in [1.165, 1.54) is 21.5 Å². The number of fused-ring (bicyclic) bond motifs is 3. The molecule has 276 valence electrons. The van der Waals surface area contributed by atoms with Crippen molar-refractivity contribution in [1.29, 1.82) is 0 Å². The molecule has 4 heteroatoms. The van der Waals surface area contributed by atoms with Gasteiger partial charge in [0.25, 0.3) is 0 Å². The van der Waals surface area contributed by atoms with Crippen LogP contribution in [-0.4, -0.2) is 19.5 Å². The Hall–Kier alpha value is -7.95. The molecule has 0 bridgehead atoms. The van der Waals surface area contributed by atoms with Crippen LogP contribution in [0.25, 0.3) is 106 Å². The Morgan fingerprint density at radius 1 is 0.305 bits per heavy atom. The first-order chi connectivity index (χ1) is 29.2. The van der Waals surface area contributed by atoms with Crippen LogP contribution in [0.4, 0.5) is 0 Å². The fourth-order valence-electron chi connectivity index (χ4n) is 8.18. The molecule has 0 amide bonds. The van der Waals surface area contributed by atoms with Crippen molar-refractivity contribution in [3.05, 3.63) is 218 Å². The van der Waals surface area contributed by atoms with Crippen LogP contribution in [0.1, 0.15) is 0 Å². The molecule has 11 rings (SSSR count). The molecule has 0 saturated carbocycles. The van der Waals surface area contributed by atoms with E-state index >= 15 is 0 Å². The summed E-state index contributed by atoms with van der Waals surface area (Å²) < 4.78 is 2.29. The van der Waals surface area contributed by atoms with Gasteiger partial charge in [-0.3, -0.25) is 4.57 Å². The maximum atomic E-state index is 5.42. The molecule has 0 unspecified atom stereocenters. The first-order valence-corrected chi connectivity index (χ1v) is 19.9. The summed E-state index contributed by atoms with van der Waals surface area (Å²) in [5.74, 6) is 1.55. The van der Waals surface area contributed by atoms with Crippen LogP contribution in [0.5, 0.6) is 0 Å². The fraction of sp³-hybridized carbons (Fsp3) is 0. The van der Waals surface area contributed by atoms with E-state index in [9.17, 15) is 0 Å². The van der Waals surface area contributed by atoms with E-state index in [0.717, 1.165) is 78.4 Å². The second-order valence-corrected chi connectivity index (χ2v) is 14.9. The van der Waals surface area contributed by atoms with Crippen molar-refractivity contribution < 1.29 is 0 Å². The van der Waals surface area contributed by atoms with Crippen molar-refractivity contribution in [2.45, 2.75) is 0 Å². The van der Waals surface area contributed by atoms with E-state index in [4.69, 9.17) is 15.0 Å². The zero-order chi connectivity index (χ0) is 39.1. The lowest BCUT2D eigenvalue weighted by Gasteiger charge is -2.13. The molecule has 0 aliphatic heterocycles. The molecule has 2 aromatic heterocycles. The van der Waals surface area contributed by atoms with Gasteiger partial charge in [0.1, 0.15) is 5.82 Å². The molecular weight excluding hydrogens is 717 g/mol. The van der Waals surface area contributed by atoms with Crippen molar-refractivity contribution in [3.63, 3.8) is 0 Å². The molecular formula is C55H36N4. The molecule has 0 radical (unpaired) electrons. The minimum atomic E-state index is 0.668. The summed E-state index contributed by atoms with van der Waals surface area (Å²) in [5.41, 5.74) is 13.3. The van der Waals surface area contributed by atoms with Gasteiger partial charge in [-0.1, -0.05) is 164 Å². The number of imidazole rings is 1. The summed E-state index contributed by atoms with van der Waals surface area (Å²) in [4.78, 5) is 15.9. The first-order valence-electron chi connectivity index (χ1n) is 19.9. The topological polar surface area (TPSA) is 43.6 Å². The van der Waals surface area contributed by atoms with Crippen molar-refractivity contribution in [3.8, 4) is 73.2 Å². The summed E-state index contributed by atoms with van der Waals surface area (Å²) in [7, 11) is 0. The number of benzene rings is 9. The Morgan fingerprint density at radius 2 is 0.797 bits per heavy atom. The zero-order valence-electron chi connectivity index (χ0n) is 32.1. The van der Waals surface area contributed by atoms with E-state index in [1.807, 2.05) is 6.07 Å². The maximum Gasteiger partial charge on any atom is 0.160 e. The molecule has 59 heavy (non-hydrogen) atoms. The number of aromatic nitrogens is 4. The monoisotopic (exact) mass is 752 g/mol. The highest BCUT2D eigenvalue weighted by molar-refractivity contribution is 5.99. The van der Waals surface area contributed by atoms with Crippen LogP contribution in [0, 0.1) is 0 Å². The molecule has 11 aromatic rings. The number of rotatable bonds is 7. The zero-order valence-corrected chi connectivity index (χ0v) is 32.1. The minimum Gasteiger partial charge on any atom is -0.292 e. The SMILES string of the molecule is c1ccc(-c2cc(-c3ccccc3)c3nc(-c4ccccc4)n(-c4ccc(-c5nc(-c6ccc7ccccc7c6)cc(-c6ccc7ccccc7c6)n5)cc4)c3c2)cc1. The van der Waals surface area contributed by atoms with Gasteiger partial charge in [0.2, 0.25) is 0 Å². The molecule has 0 aliphatic carbocycles. The van der Waals surface area contributed by atoms with Gasteiger partial charge in [-0.25, -0.2) is 15.0 Å². The average molecular weight is 753 g/mol. The van der Waals surface area contributed by atoms with E-state index in [2.05, 4.69) is 217 Å². The summed E-state index contributed by atoms with van der Waals surface area (Å²) in [5, 5.41) is 4.75. The highest BCUT2D eigenvalue weighted by Gasteiger charge is 2.20. The van der Waals surface area contributed by atoms with Crippen molar-refractivity contribution in [2.75, 3.05) is 0 Å². The van der Waals surface area contributed by atoms with Crippen molar-refractivity contribution in [2.24, 2.45) is 0 Å². The second-order valence-electron chi connectivity index (χ2n) is 14.9. The number of nitrogens with zero attached hydrogens (tertiary/aromatic N) is 4. The van der Waals surface area contributed by atoms with Gasteiger partial charge in [0.15, 0.2) is 5.82 Å². The maximum absolute atomic E-state index is 5.42. The third-order valence-electron chi connectivity index (χ3n) is 11.2. The van der Waals surface area contributed by atoms with Crippen LogP contribution in [0.15, 0.2) is 218 Å². The Morgan fingerprint density at radius 3 is 1.37 bits per heavy atom. The lowest BCUT2D eigenvalue weighted by atomic mass is 9.97. The van der Waals surface area contributed by atoms with Crippen LogP contribution in [-0.2, 0) is 0 Å². The first kappa shape index (κ1) is 34.3. The third kappa shape index (κ3) is 6.43. The van der Waals surface area contributed by atoms with Crippen LogP contribution in [0.2, 0.25) is 0 Å². The number of hydrogen-bond donors (Lipinski definition) is 0. The Bertz CT molecular complexity index is 3200. The van der Waals surface area contributed by atoms with E-state index in [-0.39, 0.29) is 0 Å². The van der Waals surface area contributed by atoms with Gasteiger partial charge < -0.3 is 0 Å². The molecule has 0 atom stereocenters. The lowest BCUT2D eigenvalue weighted by Crippen LogP contribution is -1.99. The largest absolute Gasteiger partial charge is 0.292 e. The van der Waals surface area contributed by atoms with E-state index < -0.39 is 0 Å². The quantitative estimate of drug-likeness (QED) is 0.163. The molecule has 0 aliphatic rings. The Balaban J connectivity index is 1.09. The van der Waals surface area contributed by atoms with Gasteiger partial charge in [-0.2, -0.15) is 0 Å². The second kappa shape index (κ2) is 14.5. The summed E-state index contributed by atoms with van der Waals surface area (Å²) >= 11 is 0. The van der Waals surface area contributed by atoms with Crippen LogP contribution in [0.3, 0.4) is 0 Å². The molecule has 0 spiro atoms. The third-order valence-corrected chi connectivity index (χ3v) is 11.2. The van der Waals surface area contributed by atoms with Crippen molar-refractivity contribution >= 4 is 32.6 Å². The van der Waals surface area contributed by atoms with Gasteiger partial charge in [0, 0.05) is 33.5 Å². The highest BCUT2D eigenvalue weighted by atomic mass is 15.1. The molecule has 0 saturated heterocycles. The molecule has 9 aromatic carbocycles. The fourth-order valence-corrected chi connectivity index (χ4v) is 8.18. The number of hydrogen-bond acceptors (Lipinski definition) is 3. The summed E-state index contributed by atoms with van der Waals surface area (Å²) in [6.07, 6.45) is 0. The molecule has 0 fully saturated rings. The molecule has 0 N–H and O–H groups in total. The Kier molecular flexibility index (Phi) is 8.45. The predicted molar refractivity (Wildman–Crippen MR) is 244 cm³/mol. The van der Waals surface area contributed by atoms with Gasteiger partial charge in [-0.05, 0) is 92.8 Å². The predicted octanol–water partition coefficient (Wildman–Crippen LogP) is 14.1. The lowest BCUT2D eigenvalue weighted by molar-refractivity contribution is 1.10. The van der Waals surface area contributed by atoms with Gasteiger partial charge >= 0.3 is 0 Å². The summed E-state index contributed by atoms with van der Waals surface area (Å²) in [6, 6.07) is 76.9. The molecule has 2 heterocycles. The minimum absolute atomic E-state index is 0.668. The van der Waals surface area contributed by atoms with Gasteiger partial charge in [-0.15, -0.1) is 0 Å². The summed E-state index contributed by atoms with van der Waals surface area (Å²) in [6.45, 7) is 0. The standard InChI is InChI=1S/C55H36N4/c1-4-14-37(15-5-1)47-34-49(40-18-6-2-7-19-40)53-52(35-47)59(55(58-53)42-20-8-3-9-21-42)48-30-28-41(29-31-48)54-56-50(45-26-24-38-16-10-12-22-43(38)32-45)36-51(57-54)46-27-25-39-17-11-13-23-44(39)33-46/h1-36H. The van der Waals surface area contributed by atoms with Crippen LogP contribution < -0.4 is 0 Å². The molecule has 4 nitrogen and oxygen atoms in total. The van der Waals surface area contributed by atoms with E-state index in [1.54, 1.807) is 0 Å². The van der Waals surface area contributed by atoms with Crippen LogP contribution >= 0.6 is 0 Å².